The van der Waals surface area contributed by atoms with Crippen LogP contribution < -0.4 is 0 Å². The molecule has 2 aromatic rings. The molecular formula is C10H14BrN5. The lowest BCUT2D eigenvalue weighted by Gasteiger charge is -1.97. The predicted octanol–water partition coefficient (Wildman–Crippen LogP) is 1.71. The highest BCUT2D eigenvalue weighted by Gasteiger charge is 2.06. The van der Waals surface area contributed by atoms with Crippen molar-refractivity contribution in [1.29, 1.82) is 0 Å². The molecular weight excluding hydrogens is 270 g/mol. The van der Waals surface area contributed by atoms with E-state index in [0.717, 1.165) is 18.7 Å². The summed E-state index contributed by atoms with van der Waals surface area (Å²) in [5, 5.41) is 12.3. The van der Waals surface area contributed by atoms with Gasteiger partial charge in [0.15, 0.2) is 0 Å². The SMILES string of the molecule is CC(Br)c1cn(CCc2cnn(C)c2)nn1. The maximum Gasteiger partial charge on any atom is 0.0960 e. The van der Waals surface area contributed by atoms with Gasteiger partial charge in [-0.05, 0) is 18.9 Å². The number of nitrogens with zero attached hydrogens (tertiary/aromatic N) is 5. The van der Waals surface area contributed by atoms with Gasteiger partial charge in [0.05, 0.1) is 16.7 Å². The lowest BCUT2D eigenvalue weighted by molar-refractivity contribution is 0.589. The van der Waals surface area contributed by atoms with Gasteiger partial charge in [-0.25, -0.2) is 0 Å². The van der Waals surface area contributed by atoms with Gasteiger partial charge in [-0.15, -0.1) is 5.10 Å². The van der Waals surface area contributed by atoms with Gasteiger partial charge in [-0.3, -0.25) is 9.36 Å². The van der Waals surface area contributed by atoms with Gasteiger partial charge in [0.25, 0.3) is 0 Å². The minimum atomic E-state index is 0.250. The first kappa shape index (κ1) is 11.3. The lowest BCUT2D eigenvalue weighted by Crippen LogP contribution is -2.01. The molecule has 0 saturated heterocycles. The Hall–Kier alpha value is -1.17. The van der Waals surface area contributed by atoms with Crippen molar-refractivity contribution in [1.82, 2.24) is 24.8 Å². The predicted molar refractivity (Wildman–Crippen MR) is 64.3 cm³/mol. The van der Waals surface area contributed by atoms with Crippen LogP contribution in [0.3, 0.4) is 0 Å². The molecule has 0 bridgehead atoms. The molecule has 86 valence electrons. The van der Waals surface area contributed by atoms with Gasteiger partial charge in [0, 0.05) is 26.0 Å². The van der Waals surface area contributed by atoms with Crippen LogP contribution in [0.25, 0.3) is 0 Å². The molecule has 0 N–H and O–H groups in total. The summed E-state index contributed by atoms with van der Waals surface area (Å²) in [6.45, 7) is 2.87. The van der Waals surface area contributed by atoms with Crippen molar-refractivity contribution in [3.05, 3.63) is 29.8 Å². The van der Waals surface area contributed by atoms with Crippen LogP contribution in [0, 0.1) is 0 Å². The average molecular weight is 284 g/mol. The zero-order chi connectivity index (χ0) is 11.5. The summed E-state index contributed by atoms with van der Waals surface area (Å²) in [7, 11) is 1.92. The molecule has 0 amide bonds. The normalized spacial score (nSPS) is 12.9. The Morgan fingerprint density at radius 2 is 2.25 bits per heavy atom. The number of halogens is 1. The van der Waals surface area contributed by atoms with Crippen LogP contribution in [0.1, 0.15) is 23.0 Å². The molecule has 1 unspecified atom stereocenters. The summed E-state index contributed by atoms with van der Waals surface area (Å²) in [4.78, 5) is 0.250. The fourth-order valence-electron chi connectivity index (χ4n) is 1.45. The van der Waals surface area contributed by atoms with E-state index in [-0.39, 0.29) is 4.83 Å². The van der Waals surface area contributed by atoms with E-state index >= 15 is 0 Å². The van der Waals surface area contributed by atoms with Crippen molar-refractivity contribution < 1.29 is 0 Å². The van der Waals surface area contributed by atoms with Crippen LogP contribution >= 0.6 is 15.9 Å². The fourth-order valence-corrected chi connectivity index (χ4v) is 1.66. The molecule has 2 rings (SSSR count). The monoisotopic (exact) mass is 283 g/mol. The van der Waals surface area contributed by atoms with Crippen molar-refractivity contribution in [2.75, 3.05) is 0 Å². The number of rotatable bonds is 4. The Morgan fingerprint density at radius 3 is 2.81 bits per heavy atom. The smallest absolute Gasteiger partial charge is 0.0960 e. The molecule has 16 heavy (non-hydrogen) atoms. The Balaban J connectivity index is 1.94. The van der Waals surface area contributed by atoms with Crippen molar-refractivity contribution in [2.24, 2.45) is 7.05 Å². The van der Waals surface area contributed by atoms with Crippen molar-refractivity contribution >= 4 is 15.9 Å². The molecule has 2 heterocycles. The molecule has 0 aliphatic carbocycles. The summed E-state index contributed by atoms with van der Waals surface area (Å²) < 4.78 is 3.67. The fraction of sp³-hybridized carbons (Fsp3) is 0.500. The summed E-state index contributed by atoms with van der Waals surface area (Å²) in [6, 6.07) is 0. The van der Waals surface area contributed by atoms with Gasteiger partial charge in [-0.2, -0.15) is 5.10 Å². The Labute approximate surface area is 103 Å². The Kier molecular flexibility index (Phi) is 3.38. The number of aromatic nitrogens is 5. The zero-order valence-electron chi connectivity index (χ0n) is 9.34. The van der Waals surface area contributed by atoms with E-state index in [0.29, 0.717) is 0 Å². The molecule has 0 radical (unpaired) electrons. The van der Waals surface area contributed by atoms with E-state index < -0.39 is 0 Å². The molecule has 1 atom stereocenters. The lowest BCUT2D eigenvalue weighted by atomic mass is 10.2. The summed E-state index contributed by atoms with van der Waals surface area (Å²) in [5.41, 5.74) is 2.18. The second-order valence-electron chi connectivity index (χ2n) is 3.79. The van der Waals surface area contributed by atoms with Crippen LogP contribution in [-0.2, 0) is 20.0 Å². The van der Waals surface area contributed by atoms with Crippen LogP contribution in [-0.4, -0.2) is 24.8 Å². The second kappa shape index (κ2) is 4.78. The highest BCUT2D eigenvalue weighted by Crippen LogP contribution is 2.18. The van der Waals surface area contributed by atoms with Crippen LogP contribution in [0.4, 0.5) is 0 Å². The average Bonchev–Trinajstić information content (AvgIpc) is 2.83. The topological polar surface area (TPSA) is 48.5 Å². The third-order valence-corrected chi connectivity index (χ3v) is 2.82. The van der Waals surface area contributed by atoms with Crippen LogP contribution in [0.5, 0.6) is 0 Å². The maximum absolute atomic E-state index is 4.13. The third kappa shape index (κ3) is 2.69. The highest BCUT2D eigenvalue weighted by atomic mass is 79.9. The third-order valence-electron chi connectivity index (χ3n) is 2.35. The van der Waals surface area contributed by atoms with Crippen molar-refractivity contribution in [3.63, 3.8) is 0 Å². The molecule has 2 aromatic heterocycles. The zero-order valence-corrected chi connectivity index (χ0v) is 10.9. The molecule has 0 aliphatic rings. The number of alkyl halides is 1. The number of hydrogen-bond acceptors (Lipinski definition) is 3. The molecule has 6 heteroatoms. The quantitative estimate of drug-likeness (QED) is 0.803. The van der Waals surface area contributed by atoms with E-state index in [1.165, 1.54) is 5.56 Å². The molecule has 0 aromatic carbocycles. The minimum Gasteiger partial charge on any atom is -0.276 e. The minimum absolute atomic E-state index is 0.250. The van der Waals surface area contributed by atoms with Gasteiger partial charge < -0.3 is 0 Å². The Morgan fingerprint density at radius 1 is 1.44 bits per heavy atom. The first-order chi connectivity index (χ1) is 7.65. The number of aryl methyl sites for hydroxylation is 3. The van der Waals surface area contributed by atoms with E-state index in [2.05, 4.69) is 31.3 Å². The van der Waals surface area contributed by atoms with Gasteiger partial charge >= 0.3 is 0 Å². The first-order valence-corrected chi connectivity index (χ1v) is 6.08. The Bertz CT molecular complexity index is 459. The maximum atomic E-state index is 4.13. The van der Waals surface area contributed by atoms with Gasteiger partial charge in [0.1, 0.15) is 0 Å². The van der Waals surface area contributed by atoms with Gasteiger partial charge in [-0.1, -0.05) is 21.1 Å². The van der Waals surface area contributed by atoms with Crippen molar-refractivity contribution in [2.45, 2.75) is 24.7 Å². The standard InChI is InChI=1S/C10H14BrN5/c1-8(11)10-7-16(14-13-10)4-3-9-5-12-15(2)6-9/h5-8H,3-4H2,1-2H3. The summed E-state index contributed by atoms with van der Waals surface area (Å²) in [6.07, 6.45) is 6.79. The molecule has 0 fully saturated rings. The molecule has 0 aliphatic heterocycles. The van der Waals surface area contributed by atoms with E-state index in [1.54, 1.807) is 0 Å². The molecule has 0 spiro atoms. The summed E-state index contributed by atoms with van der Waals surface area (Å²) in [5.74, 6) is 0. The largest absolute Gasteiger partial charge is 0.276 e. The van der Waals surface area contributed by atoms with Crippen LogP contribution in [0.2, 0.25) is 0 Å². The molecule has 0 saturated carbocycles. The second-order valence-corrected chi connectivity index (χ2v) is 5.17. The highest BCUT2D eigenvalue weighted by molar-refractivity contribution is 9.09. The van der Waals surface area contributed by atoms with E-state index in [4.69, 9.17) is 0 Å². The molecule has 5 nitrogen and oxygen atoms in total. The van der Waals surface area contributed by atoms with E-state index in [9.17, 15) is 0 Å². The summed E-state index contributed by atoms with van der Waals surface area (Å²) >= 11 is 3.47. The van der Waals surface area contributed by atoms with Crippen molar-refractivity contribution in [3.8, 4) is 0 Å². The number of hydrogen-bond donors (Lipinski definition) is 0. The van der Waals surface area contributed by atoms with Gasteiger partial charge in [0.2, 0.25) is 0 Å². The van der Waals surface area contributed by atoms with E-state index in [1.807, 2.05) is 41.9 Å². The first-order valence-electron chi connectivity index (χ1n) is 5.17. The van der Waals surface area contributed by atoms with Crippen LogP contribution in [0.15, 0.2) is 18.6 Å².